The fraction of sp³-hybridized carbons (Fsp3) is 0.700. The summed E-state index contributed by atoms with van der Waals surface area (Å²) < 4.78 is 0. The number of nitrogens with two attached hydrogens (primary N) is 2. The number of aliphatic hydroxyl groups is 1. The maximum absolute atomic E-state index is 9.00. The van der Waals surface area contributed by atoms with Crippen molar-refractivity contribution in [2.24, 2.45) is 11.5 Å². The Morgan fingerprint density at radius 2 is 1.11 bits per heavy atom. The van der Waals surface area contributed by atoms with E-state index in [1.807, 2.05) is 0 Å². The van der Waals surface area contributed by atoms with Crippen molar-refractivity contribution >= 4 is 17.9 Å². The lowest BCUT2D eigenvalue weighted by molar-refractivity contribution is -0.135. The summed E-state index contributed by atoms with van der Waals surface area (Å²) in [4.78, 5) is 27.0. The molecular formula is C10H24N2O7. The average molecular weight is 284 g/mol. The van der Waals surface area contributed by atoms with E-state index in [0.717, 1.165) is 20.8 Å². The van der Waals surface area contributed by atoms with Gasteiger partial charge in [0.05, 0.1) is 6.10 Å². The topological polar surface area (TPSA) is 184 Å². The standard InChI is InChI=1S/C4H12N2O.3C2H4O2/c5-2-1-4(7)3-6;3*1-2(3)4/h4,7H,1-3,5-6H2;3*1H3,(H,3,4). The summed E-state index contributed by atoms with van der Waals surface area (Å²) in [5, 5.41) is 30.9. The van der Waals surface area contributed by atoms with E-state index in [1.54, 1.807) is 0 Å². The third kappa shape index (κ3) is 307. The van der Waals surface area contributed by atoms with Crippen LogP contribution in [-0.2, 0) is 14.4 Å². The van der Waals surface area contributed by atoms with Crippen LogP contribution in [0.4, 0.5) is 0 Å². The second-order valence-corrected chi connectivity index (χ2v) is 3.02. The molecule has 0 aliphatic rings. The highest BCUT2D eigenvalue weighted by molar-refractivity contribution is 5.63. The monoisotopic (exact) mass is 284 g/mol. The fourth-order valence-corrected chi connectivity index (χ4v) is 0.310. The number of aliphatic carboxylic acids is 3. The first-order chi connectivity index (χ1) is 8.50. The molecule has 0 aromatic rings. The lowest BCUT2D eigenvalue weighted by atomic mass is 10.3. The molecule has 0 rings (SSSR count). The van der Waals surface area contributed by atoms with Gasteiger partial charge in [0.1, 0.15) is 0 Å². The number of aliphatic hydroxyl groups excluding tert-OH is 1. The third-order valence-corrected chi connectivity index (χ3v) is 0.772. The Labute approximate surface area is 111 Å². The molecule has 0 spiro atoms. The number of carbonyl (C=O) groups is 3. The molecule has 0 aromatic heterocycles. The molecule has 9 nitrogen and oxygen atoms in total. The van der Waals surface area contributed by atoms with E-state index in [2.05, 4.69) is 0 Å². The summed E-state index contributed by atoms with van der Waals surface area (Å²) in [6.07, 6.45) is 0.209. The quantitative estimate of drug-likeness (QED) is 0.375. The summed E-state index contributed by atoms with van der Waals surface area (Å²) in [6, 6.07) is 0. The highest BCUT2D eigenvalue weighted by atomic mass is 16.4. The molecule has 1 atom stereocenters. The summed E-state index contributed by atoms with van der Waals surface area (Å²) in [5.74, 6) is -2.50. The number of hydrogen-bond donors (Lipinski definition) is 6. The minimum atomic E-state index is -0.833. The van der Waals surface area contributed by atoms with Crippen LogP contribution in [0.25, 0.3) is 0 Å². The first-order valence-electron chi connectivity index (χ1n) is 5.17. The SMILES string of the molecule is CC(=O)O.CC(=O)O.CC(=O)O.NCCC(O)CN. The third-order valence-electron chi connectivity index (χ3n) is 0.772. The number of hydrogen-bond acceptors (Lipinski definition) is 6. The van der Waals surface area contributed by atoms with Crippen LogP contribution in [0.1, 0.15) is 27.2 Å². The molecule has 0 amide bonds. The van der Waals surface area contributed by atoms with Gasteiger partial charge in [0, 0.05) is 27.3 Å². The molecule has 0 bridgehead atoms. The van der Waals surface area contributed by atoms with Crippen LogP contribution in [0.5, 0.6) is 0 Å². The number of carboxylic acids is 3. The maximum atomic E-state index is 9.00. The Bertz CT molecular complexity index is 193. The maximum Gasteiger partial charge on any atom is 0.300 e. The van der Waals surface area contributed by atoms with Crippen LogP contribution in [0.15, 0.2) is 0 Å². The van der Waals surface area contributed by atoms with E-state index in [-0.39, 0.29) is 0 Å². The fourth-order valence-electron chi connectivity index (χ4n) is 0.310. The van der Waals surface area contributed by atoms with Crippen molar-refractivity contribution in [3.8, 4) is 0 Å². The summed E-state index contributed by atoms with van der Waals surface area (Å²) in [7, 11) is 0. The smallest absolute Gasteiger partial charge is 0.300 e. The zero-order valence-corrected chi connectivity index (χ0v) is 11.4. The van der Waals surface area contributed by atoms with Crippen LogP contribution < -0.4 is 11.5 Å². The van der Waals surface area contributed by atoms with Crippen molar-refractivity contribution in [3.63, 3.8) is 0 Å². The summed E-state index contributed by atoms with van der Waals surface area (Å²) in [6.45, 7) is 4.08. The van der Waals surface area contributed by atoms with Gasteiger partial charge in [-0.25, -0.2) is 0 Å². The summed E-state index contributed by atoms with van der Waals surface area (Å²) in [5.41, 5.74) is 10.1. The zero-order valence-electron chi connectivity index (χ0n) is 11.4. The Morgan fingerprint density at radius 3 is 1.16 bits per heavy atom. The normalized spacial score (nSPS) is 9.16. The number of carboxylic acid groups (broad SMARTS) is 3. The minimum absolute atomic E-state index is 0.317. The first kappa shape index (κ1) is 26.0. The molecular weight excluding hydrogens is 260 g/mol. The van der Waals surface area contributed by atoms with Gasteiger partial charge < -0.3 is 31.9 Å². The predicted octanol–water partition coefficient (Wildman–Crippen LogP) is -1.07. The second-order valence-electron chi connectivity index (χ2n) is 3.02. The molecule has 0 heterocycles. The van der Waals surface area contributed by atoms with Gasteiger partial charge in [-0.2, -0.15) is 0 Å². The van der Waals surface area contributed by atoms with E-state index in [1.165, 1.54) is 0 Å². The molecule has 1 unspecified atom stereocenters. The lowest BCUT2D eigenvalue weighted by Crippen LogP contribution is -2.22. The van der Waals surface area contributed by atoms with Gasteiger partial charge in [-0.15, -0.1) is 0 Å². The molecule has 9 heteroatoms. The van der Waals surface area contributed by atoms with E-state index in [0.29, 0.717) is 19.5 Å². The molecule has 0 aliphatic carbocycles. The molecule has 0 saturated heterocycles. The van der Waals surface area contributed by atoms with E-state index in [4.69, 9.17) is 46.3 Å². The minimum Gasteiger partial charge on any atom is -0.481 e. The van der Waals surface area contributed by atoms with Crippen LogP contribution in [0, 0.1) is 0 Å². The largest absolute Gasteiger partial charge is 0.481 e. The van der Waals surface area contributed by atoms with E-state index < -0.39 is 24.0 Å². The van der Waals surface area contributed by atoms with Gasteiger partial charge in [-0.3, -0.25) is 14.4 Å². The predicted molar refractivity (Wildman–Crippen MR) is 68.7 cm³/mol. The van der Waals surface area contributed by atoms with Crippen LogP contribution >= 0.6 is 0 Å². The van der Waals surface area contributed by atoms with Gasteiger partial charge in [-0.1, -0.05) is 0 Å². The molecule has 0 fully saturated rings. The van der Waals surface area contributed by atoms with E-state index >= 15 is 0 Å². The Kier molecular flexibility index (Phi) is 29.5. The highest BCUT2D eigenvalue weighted by Crippen LogP contribution is 1.81. The van der Waals surface area contributed by atoms with Crippen molar-refractivity contribution < 1.29 is 34.8 Å². The first-order valence-corrected chi connectivity index (χ1v) is 5.17. The molecule has 0 aliphatic heterocycles. The van der Waals surface area contributed by atoms with Gasteiger partial charge in [0.2, 0.25) is 0 Å². The van der Waals surface area contributed by atoms with E-state index in [9.17, 15) is 0 Å². The van der Waals surface area contributed by atoms with Crippen LogP contribution in [-0.4, -0.2) is 57.5 Å². The van der Waals surface area contributed by atoms with Crippen molar-refractivity contribution in [2.75, 3.05) is 13.1 Å². The van der Waals surface area contributed by atoms with Crippen LogP contribution in [0.3, 0.4) is 0 Å². The number of rotatable bonds is 3. The molecule has 0 saturated carbocycles. The van der Waals surface area contributed by atoms with Gasteiger partial charge in [0.15, 0.2) is 0 Å². The van der Waals surface area contributed by atoms with Crippen molar-refractivity contribution in [3.05, 3.63) is 0 Å². The van der Waals surface area contributed by atoms with Gasteiger partial charge in [0.25, 0.3) is 17.9 Å². The Hall–Kier alpha value is -1.71. The molecule has 8 N–H and O–H groups in total. The average Bonchev–Trinajstić information content (AvgIpc) is 2.15. The highest BCUT2D eigenvalue weighted by Gasteiger charge is 1.95. The molecule has 0 aromatic carbocycles. The van der Waals surface area contributed by atoms with Crippen molar-refractivity contribution in [1.29, 1.82) is 0 Å². The molecule has 116 valence electrons. The van der Waals surface area contributed by atoms with Crippen molar-refractivity contribution in [1.82, 2.24) is 0 Å². The molecule has 0 radical (unpaired) electrons. The Morgan fingerprint density at radius 1 is 0.895 bits per heavy atom. The zero-order chi connectivity index (χ0) is 16.4. The molecule has 19 heavy (non-hydrogen) atoms. The Balaban J connectivity index is -0.0000000825. The van der Waals surface area contributed by atoms with Gasteiger partial charge in [-0.05, 0) is 13.0 Å². The summed E-state index contributed by atoms with van der Waals surface area (Å²) >= 11 is 0. The second kappa shape index (κ2) is 21.6. The van der Waals surface area contributed by atoms with Crippen LogP contribution in [0.2, 0.25) is 0 Å². The lowest BCUT2D eigenvalue weighted by Gasteiger charge is -2.01. The van der Waals surface area contributed by atoms with Gasteiger partial charge >= 0.3 is 0 Å². The van der Waals surface area contributed by atoms with Crippen molar-refractivity contribution in [2.45, 2.75) is 33.3 Å².